The van der Waals surface area contributed by atoms with Crippen LogP contribution in [0.1, 0.15) is 38.7 Å². The molecule has 1 aromatic rings. The normalized spacial score (nSPS) is 12.7. The molecule has 0 radical (unpaired) electrons. The molecule has 1 aromatic carbocycles. The molecule has 0 aliphatic rings. The molecule has 4 heteroatoms. The van der Waals surface area contributed by atoms with Crippen molar-refractivity contribution in [2.24, 2.45) is 0 Å². The first-order valence-electron chi connectivity index (χ1n) is 5.94. The Hall–Kier alpha value is -1.16. The van der Waals surface area contributed by atoms with Crippen molar-refractivity contribution in [1.29, 1.82) is 0 Å². The highest BCUT2D eigenvalue weighted by atomic mass is 19.1. The maximum Gasteiger partial charge on any atom is 0.187 e. The molecule has 1 atom stereocenters. The van der Waals surface area contributed by atoms with Crippen LogP contribution >= 0.6 is 0 Å². The van der Waals surface area contributed by atoms with Crippen LogP contribution in [-0.2, 0) is 6.54 Å². The maximum absolute atomic E-state index is 13.0. The molecular formula is C13H19F2NO. The minimum absolute atomic E-state index is 0.315. The summed E-state index contributed by atoms with van der Waals surface area (Å²) in [6, 6.07) is 2.62. The second-order valence-electron chi connectivity index (χ2n) is 4.33. The van der Waals surface area contributed by atoms with Crippen LogP contribution in [0.5, 0.6) is 5.75 Å². The Labute approximate surface area is 101 Å². The summed E-state index contributed by atoms with van der Waals surface area (Å²) in [4.78, 5) is 0. The van der Waals surface area contributed by atoms with E-state index in [2.05, 4.69) is 12.2 Å². The van der Waals surface area contributed by atoms with E-state index in [1.54, 1.807) is 0 Å². The van der Waals surface area contributed by atoms with Gasteiger partial charge in [-0.25, -0.2) is 8.78 Å². The fourth-order valence-electron chi connectivity index (χ4n) is 1.62. The van der Waals surface area contributed by atoms with Gasteiger partial charge in [-0.15, -0.1) is 0 Å². The third-order valence-corrected chi connectivity index (χ3v) is 2.72. The smallest absolute Gasteiger partial charge is 0.187 e. The number of rotatable bonds is 6. The van der Waals surface area contributed by atoms with Gasteiger partial charge in [0.15, 0.2) is 17.4 Å². The lowest BCUT2D eigenvalue weighted by Crippen LogP contribution is -2.25. The Morgan fingerprint density at radius 1 is 1.29 bits per heavy atom. The van der Waals surface area contributed by atoms with Gasteiger partial charge < -0.3 is 10.4 Å². The van der Waals surface area contributed by atoms with Gasteiger partial charge in [0.05, 0.1) is 0 Å². The summed E-state index contributed by atoms with van der Waals surface area (Å²) in [5.41, 5.74) is 0.501. The molecule has 2 N–H and O–H groups in total. The number of hydrogen-bond donors (Lipinski definition) is 2. The first-order chi connectivity index (χ1) is 8.04. The van der Waals surface area contributed by atoms with Crippen molar-refractivity contribution in [3.8, 4) is 5.75 Å². The van der Waals surface area contributed by atoms with Crippen LogP contribution in [0, 0.1) is 11.6 Å². The molecule has 0 aromatic heterocycles. The van der Waals surface area contributed by atoms with E-state index in [4.69, 9.17) is 5.11 Å². The molecular weight excluding hydrogens is 224 g/mol. The first kappa shape index (κ1) is 13.9. The highest BCUT2D eigenvalue weighted by Gasteiger charge is 2.10. The molecule has 1 rings (SSSR count). The fourth-order valence-corrected chi connectivity index (χ4v) is 1.62. The highest BCUT2D eigenvalue weighted by molar-refractivity contribution is 5.29. The van der Waals surface area contributed by atoms with E-state index in [0.29, 0.717) is 18.2 Å². The third kappa shape index (κ3) is 4.30. The minimum atomic E-state index is -0.914. The molecule has 0 aliphatic heterocycles. The molecule has 2 nitrogen and oxygen atoms in total. The Morgan fingerprint density at radius 3 is 2.41 bits per heavy atom. The number of phenols is 1. The largest absolute Gasteiger partial charge is 0.503 e. The molecule has 17 heavy (non-hydrogen) atoms. The fraction of sp³-hybridized carbons (Fsp3) is 0.538. The SMILES string of the molecule is CCCCC(C)NCc1cc(F)c(O)c(F)c1. The Morgan fingerprint density at radius 2 is 1.88 bits per heavy atom. The van der Waals surface area contributed by atoms with E-state index in [0.717, 1.165) is 31.4 Å². The van der Waals surface area contributed by atoms with Gasteiger partial charge in [-0.05, 0) is 31.0 Å². The number of nitrogens with one attached hydrogen (secondary N) is 1. The molecule has 96 valence electrons. The van der Waals surface area contributed by atoms with Crippen molar-refractivity contribution in [1.82, 2.24) is 5.32 Å². The molecule has 0 aliphatic carbocycles. The second-order valence-corrected chi connectivity index (χ2v) is 4.33. The predicted octanol–water partition coefficient (Wildman–Crippen LogP) is 3.34. The monoisotopic (exact) mass is 243 g/mol. The van der Waals surface area contributed by atoms with Crippen molar-refractivity contribution in [3.63, 3.8) is 0 Å². The molecule has 0 saturated carbocycles. The zero-order valence-electron chi connectivity index (χ0n) is 10.3. The summed E-state index contributed by atoms with van der Waals surface area (Å²) in [5, 5.41) is 12.1. The van der Waals surface area contributed by atoms with Gasteiger partial charge in [0, 0.05) is 12.6 Å². The van der Waals surface area contributed by atoms with Crippen molar-refractivity contribution in [3.05, 3.63) is 29.3 Å². The maximum atomic E-state index is 13.0. The predicted molar refractivity (Wildman–Crippen MR) is 63.8 cm³/mol. The van der Waals surface area contributed by atoms with Crippen LogP contribution in [-0.4, -0.2) is 11.1 Å². The van der Waals surface area contributed by atoms with Gasteiger partial charge in [0.1, 0.15) is 0 Å². The number of halogens is 2. The Kier molecular flexibility index (Phi) is 5.35. The van der Waals surface area contributed by atoms with Crippen LogP contribution < -0.4 is 5.32 Å². The van der Waals surface area contributed by atoms with Crippen molar-refractivity contribution < 1.29 is 13.9 Å². The molecule has 0 heterocycles. The molecule has 0 saturated heterocycles. The quantitative estimate of drug-likeness (QED) is 0.803. The van der Waals surface area contributed by atoms with Gasteiger partial charge in [-0.3, -0.25) is 0 Å². The van der Waals surface area contributed by atoms with Gasteiger partial charge in [0.2, 0.25) is 0 Å². The average Bonchev–Trinajstić information content (AvgIpc) is 2.30. The van der Waals surface area contributed by atoms with Gasteiger partial charge in [-0.2, -0.15) is 0 Å². The Bertz CT molecular complexity index is 345. The van der Waals surface area contributed by atoms with Crippen LogP contribution in [0.25, 0.3) is 0 Å². The molecule has 0 fully saturated rings. The third-order valence-electron chi connectivity index (χ3n) is 2.72. The van der Waals surface area contributed by atoms with Crippen LogP contribution in [0.3, 0.4) is 0 Å². The number of aromatic hydroxyl groups is 1. The van der Waals surface area contributed by atoms with Crippen molar-refractivity contribution in [2.45, 2.75) is 45.7 Å². The van der Waals surface area contributed by atoms with Gasteiger partial charge in [-0.1, -0.05) is 19.8 Å². The lowest BCUT2D eigenvalue weighted by atomic mass is 10.1. The van der Waals surface area contributed by atoms with E-state index in [1.165, 1.54) is 0 Å². The summed E-state index contributed by atoms with van der Waals surface area (Å²) in [5.74, 6) is -2.74. The summed E-state index contributed by atoms with van der Waals surface area (Å²) in [6.45, 7) is 4.57. The van der Waals surface area contributed by atoms with E-state index in [-0.39, 0.29) is 0 Å². The summed E-state index contributed by atoms with van der Waals surface area (Å²) in [6.07, 6.45) is 3.31. The van der Waals surface area contributed by atoms with Gasteiger partial charge >= 0.3 is 0 Å². The summed E-state index contributed by atoms with van der Waals surface area (Å²) < 4.78 is 26.1. The zero-order valence-corrected chi connectivity index (χ0v) is 10.3. The highest BCUT2D eigenvalue weighted by Crippen LogP contribution is 2.21. The van der Waals surface area contributed by atoms with Crippen LogP contribution in [0.4, 0.5) is 8.78 Å². The first-order valence-corrected chi connectivity index (χ1v) is 5.94. The molecule has 0 bridgehead atoms. The van der Waals surface area contributed by atoms with Gasteiger partial charge in [0.25, 0.3) is 0 Å². The molecule has 0 amide bonds. The number of unbranched alkanes of at least 4 members (excludes halogenated alkanes) is 1. The number of hydrogen-bond acceptors (Lipinski definition) is 2. The van der Waals surface area contributed by atoms with Crippen molar-refractivity contribution in [2.75, 3.05) is 0 Å². The molecule has 1 unspecified atom stereocenters. The van der Waals surface area contributed by atoms with E-state index >= 15 is 0 Å². The standard InChI is InChI=1S/C13H19F2NO/c1-3-4-5-9(2)16-8-10-6-11(14)13(17)12(15)7-10/h6-7,9,16-17H,3-5,8H2,1-2H3. The minimum Gasteiger partial charge on any atom is -0.503 e. The van der Waals surface area contributed by atoms with Crippen LogP contribution in [0.15, 0.2) is 12.1 Å². The molecule has 0 spiro atoms. The van der Waals surface area contributed by atoms with E-state index in [9.17, 15) is 8.78 Å². The number of benzene rings is 1. The second kappa shape index (κ2) is 6.55. The average molecular weight is 243 g/mol. The van der Waals surface area contributed by atoms with Crippen molar-refractivity contribution >= 4 is 0 Å². The lowest BCUT2D eigenvalue weighted by Gasteiger charge is -2.13. The summed E-state index contributed by atoms with van der Waals surface area (Å²) in [7, 11) is 0. The lowest BCUT2D eigenvalue weighted by molar-refractivity contribution is 0.394. The Balaban J connectivity index is 2.52. The summed E-state index contributed by atoms with van der Waals surface area (Å²) >= 11 is 0. The number of phenolic OH excluding ortho intramolecular Hbond substituents is 1. The van der Waals surface area contributed by atoms with Crippen LogP contribution in [0.2, 0.25) is 0 Å². The topological polar surface area (TPSA) is 32.3 Å². The van der Waals surface area contributed by atoms with E-state index in [1.807, 2.05) is 6.92 Å². The zero-order chi connectivity index (χ0) is 12.8. The van der Waals surface area contributed by atoms with E-state index < -0.39 is 17.4 Å².